The molecule has 0 bridgehead atoms. The van der Waals surface area contributed by atoms with E-state index in [4.69, 9.17) is 5.73 Å². The van der Waals surface area contributed by atoms with Crippen LogP contribution in [0.2, 0.25) is 0 Å². The maximum atomic E-state index is 13.6. The van der Waals surface area contributed by atoms with E-state index in [1.54, 1.807) is 36.5 Å². The van der Waals surface area contributed by atoms with Crippen molar-refractivity contribution in [3.05, 3.63) is 59.1 Å². The molecule has 3 N–H and O–H groups in total. The summed E-state index contributed by atoms with van der Waals surface area (Å²) in [5, 5.41) is 3.25. The lowest BCUT2D eigenvalue weighted by molar-refractivity contribution is -0.136. The highest BCUT2D eigenvalue weighted by Gasteiger charge is 2.34. The number of nitrogen functional groups attached to an aromatic ring is 1. The molecule has 3 aromatic rings. The second kappa shape index (κ2) is 6.99. The second-order valence-electron chi connectivity index (χ2n) is 6.23. The zero-order valence-electron chi connectivity index (χ0n) is 14.3. The molecule has 0 unspecified atom stereocenters. The Labute approximate surface area is 153 Å². The maximum Gasteiger partial charge on any atom is 0.418 e. The molecule has 0 aliphatic carbocycles. The van der Waals surface area contributed by atoms with Crippen LogP contribution < -0.4 is 11.1 Å². The topological polar surface area (TPSA) is 50.9 Å². The molecule has 0 saturated heterocycles. The van der Waals surface area contributed by atoms with E-state index >= 15 is 0 Å². The van der Waals surface area contributed by atoms with Crippen LogP contribution >= 0.6 is 11.3 Å². The van der Waals surface area contributed by atoms with Crippen molar-refractivity contribution in [1.82, 2.24) is 4.98 Å². The molecule has 1 aromatic heterocycles. The van der Waals surface area contributed by atoms with Crippen LogP contribution in [-0.2, 0) is 6.18 Å². The minimum absolute atomic E-state index is 0.0126. The van der Waals surface area contributed by atoms with Crippen LogP contribution in [0.15, 0.2) is 48.7 Å². The quantitative estimate of drug-likeness (QED) is 0.526. The predicted molar refractivity (Wildman–Crippen MR) is 101 cm³/mol. The summed E-state index contributed by atoms with van der Waals surface area (Å²) in [6, 6.07) is 11.0. The van der Waals surface area contributed by atoms with E-state index in [0.29, 0.717) is 21.9 Å². The van der Waals surface area contributed by atoms with E-state index in [-0.39, 0.29) is 11.6 Å². The Kier molecular flexibility index (Phi) is 4.91. The number of nitrogens with zero attached hydrogens (tertiary/aromatic N) is 1. The van der Waals surface area contributed by atoms with Gasteiger partial charge in [0, 0.05) is 16.8 Å². The Morgan fingerprint density at radius 1 is 1.04 bits per heavy atom. The van der Waals surface area contributed by atoms with Crippen molar-refractivity contribution in [3.63, 3.8) is 0 Å². The smallest absolute Gasteiger partial charge is 0.399 e. The van der Waals surface area contributed by atoms with Crippen molar-refractivity contribution < 1.29 is 13.2 Å². The zero-order chi connectivity index (χ0) is 18.9. The molecule has 0 saturated carbocycles. The summed E-state index contributed by atoms with van der Waals surface area (Å²) in [5.41, 5.74) is 6.61. The number of halogens is 3. The zero-order valence-corrected chi connectivity index (χ0v) is 15.1. The number of nitrogens with one attached hydrogen (secondary N) is 1. The molecule has 3 rings (SSSR count). The number of anilines is 3. The highest BCUT2D eigenvalue weighted by atomic mass is 32.1. The first-order chi connectivity index (χ1) is 12.2. The monoisotopic (exact) mass is 377 g/mol. The van der Waals surface area contributed by atoms with Gasteiger partial charge >= 0.3 is 6.18 Å². The fraction of sp³-hybridized carbons (Fsp3) is 0.211. The van der Waals surface area contributed by atoms with Crippen molar-refractivity contribution in [1.29, 1.82) is 0 Å². The van der Waals surface area contributed by atoms with Crippen molar-refractivity contribution >= 4 is 27.8 Å². The van der Waals surface area contributed by atoms with Crippen LogP contribution in [0.4, 0.5) is 29.7 Å². The van der Waals surface area contributed by atoms with Crippen LogP contribution in [-0.4, -0.2) is 4.98 Å². The van der Waals surface area contributed by atoms with E-state index in [1.165, 1.54) is 17.4 Å². The number of benzene rings is 2. The summed E-state index contributed by atoms with van der Waals surface area (Å²) in [5.74, 6) is 0.276. The van der Waals surface area contributed by atoms with Gasteiger partial charge in [-0.15, -0.1) is 11.3 Å². The number of nitrogens with two attached hydrogens (primary N) is 1. The lowest BCUT2D eigenvalue weighted by Gasteiger charge is -2.15. The number of aromatic nitrogens is 1. The second-order valence-corrected chi connectivity index (χ2v) is 7.29. The molecule has 2 aromatic carbocycles. The molecular weight excluding hydrogens is 359 g/mol. The van der Waals surface area contributed by atoms with Crippen molar-refractivity contribution in [3.8, 4) is 11.1 Å². The molecule has 0 amide bonds. The van der Waals surface area contributed by atoms with Crippen molar-refractivity contribution in [2.45, 2.75) is 25.9 Å². The molecule has 0 aliphatic heterocycles. The van der Waals surface area contributed by atoms with Crippen LogP contribution in [0.25, 0.3) is 11.1 Å². The third kappa shape index (κ3) is 3.99. The molecule has 0 spiro atoms. The van der Waals surface area contributed by atoms with Gasteiger partial charge in [0.25, 0.3) is 0 Å². The first-order valence-electron chi connectivity index (χ1n) is 8.04. The van der Waals surface area contributed by atoms with Gasteiger partial charge in [-0.25, -0.2) is 4.98 Å². The fourth-order valence-corrected chi connectivity index (χ4v) is 3.30. The predicted octanol–water partition coefficient (Wildman–Crippen LogP) is 6.28. The average molecular weight is 377 g/mol. The van der Waals surface area contributed by atoms with Gasteiger partial charge < -0.3 is 11.1 Å². The van der Waals surface area contributed by atoms with Gasteiger partial charge in [0.2, 0.25) is 0 Å². The molecule has 0 atom stereocenters. The largest absolute Gasteiger partial charge is 0.418 e. The number of hydrogen-bond acceptors (Lipinski definition) is 4. The molecule has 7 heteroatoms. The van der Waals surface area contributed by atoms with E-state index in [0.717, 1.165) is 10.9 Å². The summed E-state index contributed by atoms with van der Waals surface area (Å²) in [4.78, 5) is 5.19. The Hall–Kier alpha value is -2.54. The third-order valence-electron chi connectivity index (χ3n) is 3.90. The normalized spacial score (nSPS) is 11.8. The Morgan fingerprint density at radius 2 is 1.69 bits per heavy atom. The highest BCUT2D eigenvalue weighted by molar-refractivity contribution is 7.15. The third-order valence-corrected chi connectivity index (χ3v) is 5.12. The van der Waals surface area contributed by atoms with Crippen molar-refractivity contribution in [2.75, 3.05) is 11.1 Å². The minimum Gasteiger partial charge on any atom is -0.399 e. The Bertz CT molecular complexity index is 899. The number of thiazole rings is 1. The molecule has 1 heterocycles. The van der Waals surface area contributed by atoms with Gasteiger partial charge in [0.05, 0.1) is 11.3 Å². The summed E-state index contributed by atoms with van der Waals surface area (Å²) in [7, 11) is 0. The Balaban J connectivity index is 1.98. The van der Waals surface area contributed by atoms with E-state index < -0.39 is 11.7 Å². The Morgan fingerprint density at radius 3 is 2.27 bits per heavy atom. The van der Waals surface area contributed by atoms with Gasteiger partial charge in [0.15, 0.2) is 5.13 Å². The lowest BCUT2D eigenvalue weighted by atomic mass is 10.0. The lowest BCUT2D eigenvalue weighted by Crippen LogP contribution is -2.09. The average Bonchev–Trinajstić information content (AvgIpc) is 3.04. The fourth-order valence-electron chi connectivity index (χ4n) is 2.47. The van der Waals surface area contributed by atoms with E-state index in [1.807, 2.05) is 13.8 Å². The molecule has 136 valence electrons. The standard InChI is InChI=1S/C19H18F3N3S/c1-11(2)17-10-24-18(26-17)25-16-8-5-13(9-15(16)19(20,21)22)12-3-6-14(23)7-4-12/h3-11H,23H2,1-2H3,(H,24,25). The van der Waals surface area contributed by atoms with Gasteiger partial charge in [-0.1, -0.05) is 32.0 Å². The van der Waals surface area contributed by atoms with Crippen LogP contribution in [0, 0.1) is 0 Å². The van der Waals surface area contributed by atoms with Gasteiger partial charge in [-0.3, -0.25) is 0 Å². The van der Waals surface area contributed by atoms with Gasteiger partial charge in [-0.05, 0) is 41.3 Å². The molecule has 0 radical (unpaired) electrons. The SMILES string of the molecule is CC(C)c1cnc(Nc2ccc(-c3ccc(N)cc3)cc2C(F)(F)F)s1. The summed E-state index contributed by atoms with van der Waals surface area (Å²) in [6.45, 7) is 4.03. The number of rotatable bonds is 4. The van der Waals surface area contributed by atoms with Gasteiger partial charge in [0.1, 0.15) is 0 Å². The summed E-state index contributed by atoms with van der Waals surface area (Å²) < 4.78 is 40.7. The molecule has 0 aliphatic rings. The first kappa shape index (κ1) is 18.3. The van der Waals surface area contributed by atoms with Crippen LogP contribution in [0.5, 0.6) is 0 Å². The summed E-state index contributed by atoms with van der Waals surface area (Å²) >= 11 is 1.35. The van der Waals surface area contributed by atoms with E-state index in [9.17, 15) is 13.2 Å². The van der Waals surface area contributed by atoms with Crippen LogP contribution in [0.1, 0.15) is 30.2 Å². The number of hydrogen-bond donors (Lipinski definition) is 2. The summed E-state index contributed by atoms with van der Waals surface area (Å²) in [6.07, 6.45) is -2.79. The van der Waals surface area contributed by atoms with Crippen LogP contribution in [0.3, 0.4) is 0 Å². The molecular formula is C19H18F3N3S. The number of alkyl halides is 3. The minimum atomic E-state index is -4.48. The van der Waals surface area contributed by atoms with E-state index in [2.05, 4.69) is 10.3 Å². The molecule has 26 heavy (non-hydrogen) atoms. The van der Waals surface area contributed by atoms with Crippen molar-refractivity contribution in [2.24, 2.45) is 0 Å². The molecule has 0 fully saturated rings. The highest BCUT2D eigenvalue weighted by Crippen LogP contribution is 2.39. The molecule has 3 nitrogen and oxygen atoms in total. The van der Waals surface area contributed by atoms with Gasteiger partial charge in [-0.2, -0.15) is 13.2 Å². The first-order valence-corrected chi connectivity index (χ1v) is 8.85. The maximum absolute atomic E-state index is 13.6.